The van der Waals surface area contributed by atoms with Gasteiger partial charge in [-0.15, -0.1) is 0 Å². The van der Waals surface area contributed by atoms with Crippen LogP contribution in [0.15, 0.2) is 24.3 Å². The summed E-state index contributed by atoms with van der Waals surface area (Å²) in [5, 5.41) is 8.92. The number of carboxylic acids is 1. The summed E-state index contributed by atoms with van der Waals surface area (Å²) in [5.74, 6) is -1.53. The van der Waals surface area contributed by atoms with Gasteiger partial charge in [-0.1, -0.05) is 18.2 Å². The van der Waals surface area contributed by atoms with Crippen molar-refractivity contribution in [2.75, 3.05) is 18.0 Å². The van der Waals surface area contributed by atoms with Gasteiger partial charge in [-0.25, -0.2) is 0 Å². The van der Waals surface area contributed by atoms with Gasteiger partial charge in [0.25, 0.3) is 0 Å². The number of nitrogens with zero attached hydrogens (tertiary/aromatic N) is 2. The molecule has 0 fully saturated rings. The van der Waals surface area contributed by atoms with Gasteiger partial charge in [0, 0.05) is 18.2 Å². The maximum Gasteiger partial charge on any atom is 0.323 e. The number of aryl methyl sites for hydroxylation is 1. The third-order valence-corrected chi connectivity index (χ3v) is 3.73. The van der Waals surface area contributed by atoms with E-state index >= 15 is 0 Å². The first kappa shape index (κ1) is 16.0. The highest BCUT2D eigenvalue weighted by Gasteiger charge is 2.28. The molecule has 6 heteroatoms. The van der Waals surface area contributed by atoms with E-state index in [4.69, 9.17) is 5.11 Å². The van der Waals surface area contributed by atoms with E-state index in [0.29, 0.717) is 12.8 Å². The van der Waals surface area contributed by atoms with Crippen LogP contribution >= 0.6 is 0 Å². The van der Waals surface area contributed by atoms with E-state index in [2.05, 4.69) is 0 Å². The third-order valence-electron chi connectivity index (χ3n) is 3.73. The minimum atomic E-state index is -1.06. The molecule has 6 nitrogen and oxygen atoms in total. The molecule has 0 bridgehead atoms. The van der Waals surface area contributed by atoms with Crippen LogP contribution in [-0.4, -0.2) is 46.9 Å². The summed E-state index contributed by atoms with van der Waals surface area (Å²) in [6.45, 7) is 3.03. The molecular formula is C16H20N2O4. The second-order valence-corrected chi connectivity index (χ2v) is 5.62. The van der Waals surface area contributed by atoms with Gasteiger partial charge in [0.05, 0.1) is 0 Å². The van der Waals surface area contributed by atoms with Crippen LogP contribution in [0.2, 0.25) is 0 Å². The van der Waals surface area contributed by atoms with E-state index in [9.17, 15) is 14.4 Å². The number of para-hydroxylation sites is 1. The Hall–Kier alpha value is -2.37. The molecule has 22 heavy (non-hydrogen) atoms. The number of carboxylic acid groups (broad SMARTS) is 1. The molecule has 1 aliphatic heterocycles. The molecule has 0 saturated carbocycles. The molecule has 0 aliphatic carbocycles. The Morgan fingerprint density at radius 1 is 1.27 bits per heavy atom. The number of anilines is 1. The summed E-state index contributed by atoms with van der Waals surface area (Å²) >= 11 is 0. The fraction of sp³-hybridized carbons (Fsp3) is 0.438. The van der Waals surface area contributed by atoms with Gasteiger partial charge in [-0.05, 0) is 31.9 Å². The molecule has 0 atom stereocenters. The lowest BCUT2D eigenvalue weighted by Gasteiger charge is -2.32. The number of hydrogen-bond donors (Lipinski definition) is 1. The lowest BCUT2D eigenvalue weighted by atomic mass is 10.0. The van der Waals surface area contributed by atoms with Crippen LogP contribution in [0.3, 0.4) is 0 Å². The van der Waals surface area contributed by atoms with Crippen LogP contribution in [0.1, 0.15) is 25.8 Å². The highest BCUT2D eigenvalue weighted by atomic mass is 16.4. The fourth-order valence-electron chi connectivity index (χ4n) is 2.60. The number of carbonyl (C=O) groups is 3. The molecule has 1 aromatic rings. The van der Waals surface area contributed by atoms with Crippen LogP contribution in [0, 0.1) is 0 Å². The summed E-state index contributed by atoms with van der Waals surface area (Å²) in [7, 11) is 0. The molecule has 1 heterocycles. The fourth-order valence-corrected chi connectivity index (χ4v) is 2.60. The molecule has 0 saturated heterocycles. The number of aliphatic carboxylic acids is 1. The molecule has 1 N–H and O–H groups in total. The van der Waals surface area contributed by atoms with Gasteiger partial charge >= 0.3 is 5.97 Å². The quantitative estimate of drug-likeness (QED) is 0.889. The molecule has 2 rings (SSSR count). The highest BCUT2D eigenvalue weighted by molar-refractivity contribution is 6.01. The van der Waals surface area contributed by atoms with Crippen LogP contribution in [0.25, 0.3) is 0 Å². The third kappa shape index (κ3) is 3.44. The molecule has 0 spiro atoms. The van der Waals surface area contributed by atoms with Crippen molar-refractivity contribution in [3.63, 3.8) is 0 Å². The molecule has 1 aliphatic rings. The summed E-state index contributed by atoms with van der Waals surface area (Å²) in [4.78, 5) is 38.2. The zero-order valence-corrected chi connectivity index (χ0v) is 12.8. The van der Waals surface area contributed by atoms with E-state index < -0.39 is 5.97 Å². The Bertz CT molecular complexity index is 598. The van der Waals surface area contributed by atoms with E-state index in [1.807, 2.05) is 24.3 Å². The van der Waals surface area contributed by atoms with Crippen molar-refractivity contribution in [1.29, 1.82) is 0 Å². The van der Waals surface area contributed by atoms with E-state index in [1.165, 1.54) is 9.80 Å². The summed E-state index contributed by atoms with van der Waals surface area (Å²) in [5.41, 5.74) is 1.77. The SMILES string of the molecule is CC(C)N(CC(=O)O)C(=O)CN1C(=O)CCc2ccccc21. The van der Waals surface area contributed by atoms with Crippen molar-refractivity contribution >= 4 is 23.5 Å². The molecule has 2 amide bonds. The molecule has 1 aromatic carbocycles. The minimum absolute atomic E-state index is 0.105. The lowest BCUT2D eigenvalue weighted by molar-refractivity contribution is -0.145. The number of rotatable bonds is 5. The predicted octanol–water partition coefficient (Wildman–Crippen LogP) is 1.29. The van der Waals surface area contributed by atoms with E-state index in [0.717, 1.165) is 11.3 Å². The highest BCUT2D eigenvalue weighted by Crippen LogP contribution is 2.27. The summed E-state index contributed by atoms with van der Waals surface area (Å²) < 4.78 is 0. The smallest absolute Gasteiger partial charge is 0.323 e. The predicted molar refractivity (Wildman–Crippen MR) is 81.6 cm³/mol. The lowest BCUT2D eigenvalue weighted by Crippen LogP contribution is -2.48. The number of benzene rings is 1. The van der Waals surface area contributed by atoms with Crippen LogP contribution in [0.4, 0.5) is 5.69 Å². The first-order valence-corrected chi connectivity index (χ1v) is 7.29. The maximum atomic E-state index is 12.4. The largest absolute Gasteiger partial charge is 0.480 e. The monoisotopic (exact) mass is 304 g/mol. The Labute approximate surface area is 129 Å². The van der Waals surface area contributed by atoms with Crippen molar-refractivity contribution in [1.82, 2.24) is 4.90 Å². The van der Waals surface area contributed by atoms with Crippen molar-refractivity contribution in [3.8, 4) is 0 Å². The zero-order chi connectivity index (χ0) is 16.3. The van der Waals surface area contributed by atoms with Gasteiger partial charge in [-0.2, -0.15) is 0 Å². The van der Waals surface area contributed by atoms with Gasteiger partial charge in [0.2, 0.25) is 11.8 Å². The Kier molecular flexibility index (Phi) is 4.80. The van der Waals surface area contributed by atoms with Crippen LogP contribution in [0.5, 0.6) is 0 Å². The molecule has 118 valence electrons. The molecule has 0 unspecified atom stereocenters. The van der Waals surface area contributed by atoms with Crippen molar-refractivity contribution in [2.45, 2.75) is 32.7 Å². The first-order chi connectivity index (χ1) is 10.4. The number of carbonyl (C=O) groups excluding carboxylic acids is 2. The molecule has 0 radical (unpaired) electrons. The second-order valence-electron chi connectivity index (χ2n) is 5.62. The van der Waals surface area contributed by atoms with Crippen LogP contribution < -0.4 is 4.90 Å². The number of fused-ring (bicyclic) bond motifs is 1. The Morgan fingerprint density at radius 3 is 2.59 bits per heavy atom. The van der Waals surface area contributed by atoms with E-state index in [1.54, 1.807) is 13.8 Å². The Morgan fingerprint density at radius 2 is 1.95 bits per heavy atom. The van der Waals surface area contributed by atoms with Crippen molar-refractivity contribution < 1.29 is 19.5 Å². The maximum absolute atomic E-state index is 12.4. The standard InChI is InChI=1S/C16H20N2O4/c1-11(2)17(10-16(21)22)15(20)9-18-13-6-4-3-5-12(13)7-8-14(18)19/h3-6,11H,7-10H2,1-2H3,(H,21,22). The van der Waals surface area contributed by atoms with Crippen molar-refractivity contribution in [3.05, 3.63) is 29.8 Å². The molecule has 0 aromatic heterocycles. The minimum Gasteiger partial charge on any atom is -0.480 e. The summed E-state index contributed by atoms with van der Waals surface area (Å²) in [6.07, 6.45) is 1.04. The topological polar surface area (TPSA) is 77.9 Å². The van der Waals surface area contributed by atoms with Crippen molar-refractivity contribution in [2.24, 2.45) is 0 Å². The number of amides is 2. The van der Waals surface area contributed by atoms with E-state index in [-0.39, 0.29) is 30.9 Å². The van der Waals surface area contributed by atoms with Gasteiger partial charge < -0.3 is 14.9 Å². The van der Waals surface area contributed by atoms with Gasteiger partial charge in [-0.3, -0.25) is 14.4 Å². The molecular weight excluding hydrogens is 284 g/mol. The number of hydrogen-bond acceptors (Lipinski definition) is 3. The average Bonchev–Trinajstić information content (AvgIpc) is 2.47. The average molecular weight is 304 g/mol. The van der Waals surface area contributed by atoms with Crippen LogP contribution in [-0.2, 0) is 20.8 Å². The second kappa shape index (κ2) is 6.60. The summed E-state index contributed by atoms with van der Waals surface area (Å²) in [6, 6.07) is 7.25. The zero-order valence-electron chi connectivity index (χ0n) is 12.8. The normalized spacial score (nSPS) is 14.0. The van der Waals surface area contributed by atoms with Gasteiger partial charge in [0.1, 0.15) is 13.1 Å². The van der Waals surface area contributed by atoms with Gasteiger partial charge in [0.15, 0.2) is 0 Å². The Balaban J connectivity index is 2.20. The first-order valence-electron chi connectivity index (χ1n) is 7.29.